The van der Waals surface area contributed by atoms with Crippen molar-refractivity contribution in [2.24, 2.45) is 5.92 Å². The van der Waals surface area contributed by atoms with Gasteiger partial charge in [0.05, 0.1) is 6.26 Å². The SMILES string of the molecule is C1=CC(CCCC2CCNCC2)c2ccccc21.CS(=O)(=O)O. The van der Waals surface area contributed by atoms with Gasteiger partial charge in [-0.05, 0) is 49.4 Å². The van der Waals surface area contributed by atoms with Crippen LogP contribution in [0.15, 0.2) is 30.3 Å². The van der Waals surface area contributed by atoms with Gasteiger partial charge in [-0.2, -0.15) is 8.42 Å². The molecule has 1 aliphatic heterocycles. The molecule has 2 N–H and O–H groups in total. The average molecular weight is 337 g/mol. The third-order valence-corrected chi connectivity index (χ3v) is 4.49. The summed E-state index contributed by atoms with van der Waals surface area (Å²) in [6.45, 7) is 2.47. The van der Waals surface area contributed by atoms with E-state index in [-0.39, 0.29) is 0 Å². The maximum atomic E-state index is 9.19. The van der Waals surface area contributed by atoms with E-state index in [4.69, 9.17) is 4.55 Å². The monoisotopic (exact) mass is 337 g/mol. The summed E-state index contributed by atoms with van der Waals surface area (Å²) in [6.07, 6.45) is 12.3. The Balaban J connectivity index is 0.000000338. The van der Waals surface area contributed by atoms with Crippen LogP contribution in [0.1, 0.15) is 49.1 Å². The Morgan fingerprint density at radius 2 is 1.83 bits per heavy atom. The van der Waals surface area contributed by atoms with E-state index in [9.17, 15) is 8.42 Å². The van der Waals surface area contributed by atoms with Crippen molar-refractivity contribution in [3.05, 3.63) is 41.5 Å². The molecule has 1 heterocycles. The van der Waals surface area contributed by atoms with Crippen LogP contribution in [0.3, 0.4) is 0 Å². The molecular weight excluding hydrogens is 310 g/mol. The van der Waals surface area contributed by atoms with Gasteiger partial charge in [-0.1, -0.05) is 49.3 Å². The van der Waals surface area contributed by atoms with Crippen molar-refractivity contribution in [2.75, 3.05) is 19.3 Å². The molecule has 0 saturated carbocycles. The van der Waals surface area contributed by atoms with Crippen LogP contribution in [0.4, 0.5) is 0 Å². The molecule has 0 amide bonds. The highest BCUT2D eigenvalue weighted by atomic mass is 32.2. The quantitative estimate of drug-likeness (QED) is 0.826. The zero-order chi connectivity index (χ0) is 16.7. The van der Waals surface area contributed by atoms with Gasteiger partial charge in [0, 0.05) is 5.92 Å². The van der Waals surface area contributed by atoms with Crippen LogP contribution in [-0.2, 0) is 10.1 Å². The fraction of sp³-hybridized carbons (Fsp3) is 0.556. The van der Waals surface area contributed by atoms with Crippen molar-refractivity contribution in [1.29, 1.82) is 0 Å². The Morgan fingerprint density at radius 3 is 2.52 bits per heavy atom. The van der Waals surface area contributed by atoms with Gasteiger partial charge >= 0.3 is 0 Å². The van der Waals surface area contributed by atoms with E-state index < -0.39 is 10.1 Å². The molecule has 23 heavy (non-hydrogen) atoms. The van der Waals surface area contributed by atoms with Gasteiger partial charge in [-0.3, -0.25) is 4.55 Å². The molecule has 1 unspecified atom stereocenters. The van der Waals surface area contributed by atoms with Crippen molar-refractivity contribution in [1.82, 2.24) is 5.32 Å². The van der Waals surface area contributed by atoms with E-state index in [1.807, 2.05) is 0 Å². The fourth-order valence-electron chi connectivity index (χ4n) is 3.37. The minimum Gasteiger partial charge on any atom is -0.317 e. The largest absolute Gasteiger partial charge is 0.317 e. The van der Waals surface area contributed by atoms with Crippen LogP contribution in [0, 0.1) is 5.92 Å². The fourth-order valence-corrected chi connectivity index (χ4v) is 3.37. The number of rotatable bonds is 4. The molecule has 0 radical (unpaired) electrons. The van der Waals surface area contributed by atoms with Crippen molar-refractivity contribution < 1.29 is 13.0 Å². The number of hydrogen-bond donors (Lipinski definition) is 2. The summed E-state index contributed by atoms with van der Waals surface area (Å²) < 4.78 is 25.9. The van der Waals surface area contributed by atoms with Gasteiger partial charge in [0.25, 0.3) is 10.1 Å². The summed E-state index contributed by atoms with van der Waals surface area (Å²) in [7, 11) is -3.67. The lowest BCUT2D eigenvalue weighted by Crippen LogP contribution is -2.27. The zero-order valence-corrected chi connectivity index (χ0v) is 14.6. The Kier molecular flexibility index (Phi) is 6.81. The van der Waals surface area contributed by atoms with Crippen LogP contribution >= 0.6 is 0 Å². The number of piperidine rings is 1. The molecule has 0 spiro atoms. The van der Waals surface area contributed by atoms with Crippen LogP contribution in [0.5, 0.6) is 0 Å². The molecule has 0 aromatic heterocycles. The van der Waals surface area contributed by atoms with E-state index in [0.717, 1.165) is 5.92 Å². The lowest BCUT2D eigenvalue weighted by atomic mass is 9.89. The molecule has 128 valence electrons. The van der Waals surface area contributed by atoms with Gasteiger partial charge in [0.2, 0.25) is 0 Å². The highest BCUT2D eigenvalue weighted by Crippen LogP contribution is 2.34. The highest BCUT2D eigenvalue weighted by molar-refractivity contribution is 7.85. The van der Waals surface area contributed by atoms with Crippen molar-refractivity contribution in [2.45, 2.75) is 38.0 Å². The summed E-state index contributed by atoms with van der Waals surface area (Å²) in [5, 5.41) is 3.45. The third kappa shape index (κ3) is 6.85. The van der Waals surface area contributed by atoms with Gasteiger partial charge in [-0.25, -0.2) is 0 Å². The van der Waals surface area contributed by atoms with Gasteiger partial charge in [-0.15, -0.1) is 0 Å². The highest BCUT2D eigenvalue weighted by Gasteiger charge is 2.17. The van der Waals surface area contributed by atoms with Gasteiger partial charge in [0.15, 0.2) is 0 Å². The van der Waals surface area contributed by atoms with Gasteiger partial charge < -0.3 is 5.32 Å². The van der Waals surface area contributed by atoms with Crippen molar-refractivity contribution in [3.63, 3.8) is 0 Å². The number of benzene rings is 1. The first-order chi connectivity index (χ1) is 10.9. The van der Waals surface area contributed by atoms with Crippen LogP contribution < -0.4 is 5.32 Å². The van der Waals surface area contributed by atoms with E-state index in [1.165, 1.54) is 50.8 Å². The second kappa shape index (κ2) is 8.62. The summed E-state index contributed by atoms with van der Waals surface area (Å²) in [5.74, 6) is 1.66. The van der Waals surface area contributed by atoms with Crippen LogP contribution in [-0.4, -0.2) is 32.3 Å². The Hall–Kier alpha value is -1.17. The first kappa shape index (κ1) is 18.2. The Morgan fingerprint density at radius 1 is 1.17 bits per heavy atom. The molecule has 1 atom stereocenters. The molecular formula is C18H27NO3S. The summed E-state index contributed by atoms with van der Waals surface area (Å²) >= 11 is 0. The molecule has 4 nitrogen and oxygen atoms in total. The number of nitrogens with one attached hydrogen (secondary N) is 1. The van der Waals surface area contributed by atoms with E-state index >= 15 is 0 Å². The molecule has 1 aromatic carbocycles. The van der Waals surface area contributed by atoms with Crippen LogP contribution in [0.25, 0.3) is 6.08 Å². The minimum absolute atomic E-state index is 0.683. The zero-order valence-electron chi connectivity index (χ0n) is 13.7. The molecule has 0 bridgehead atoms. The molecule has 1 aromatic rings. The maximum absolute atomic E-state index is 9.19. The maximum Gasteiger partial charge on any atom is 0.261 e. The Bertz CT molecular complexity index is 611. The molecule has 3 rings (SSSR count). The topological polar surface area (TPSA) is 66.4 Å². The smallest absolute Gasteiger partial charge is 0.261 e. The second-order valence-corrected chi connectivity index (χ2v) is 7.92. The van der Waals surface area contributed by atoms with E-state index in [2.05, 4.69) is 41.7 Å². The van der Waals surface area contributed by atoms with E-state index in [1.54, 1.807) is 5.56 Å². The molecule has 1 fully saturated rings. The third-order valence-electron chi connectivity index (χ3n) is 4.49. The van der Waals surface area contributed by atoms with Crippen LogP contribution in [0.2, 0.25) is 0 Å². The predicted molar refractivity (Wildman–Crippen MR) is 95.1 cm³/mol. The molecule has 1 saturated heterocycles. The average Bonchev–Trinajstić information content (AvgIpc) is 2.90. The standard InChI is InChI=1S/C17H23N.CH4O3S/c1-2-7-17-15(5-1)8-9-16(17)6-3-4-14-10-12-18-13-11-14;1-5(2,3)4/h1-2,5,7-9,14,16,18H,3-4,6,10-13H2;1H3,(H,2,3,4). The number of fused-ring (bicyclic) bond motifs is 1. The Labute approximate surface area is 139 Å². The minimum atomic E-state index is -3.67. The molecule has 5 heteroatoms. The van der Waals surface area contributed by atoms with Crippen molar-refractivity contribution in [3.8, 4) is 0 Å². The van der Waals surface area contributed by atoms with Crippen molar-refractivity contribution >= 4 is 16.2 Å². The summed E-state index contributed by atoms with van der Waals surface area (Å²) in [4.78, 5) is 0. The lowest BCUT2D eigenvalue weighted by molar-refractivity contribution is 0.342. The second-order valence-electron chi connectivity index (χ2n) is 6.45. The predicted octanol–water partition coefficient (Wildman–Crippen LogP) is 3.47. The number of allylic oxidation sites excluding steroid dienone is 1. The molecule has 2 aliphatic rings. The van der Waals surface area contributed by atoms with Gasteiger partial charge in [0.1, 0.15) is 0 Å². The lowest BCUT2D eigenvalue weighted by Gasteiger charge is -2.23. The number of hydrogen-bond acceptors (Lipinski definition) is 3. The first-order valence-corrected chi connectivity index (χ1v) is 10.2. The normalized spacial score (nSPS) is 20.7. The summed E-state index contributed by atoms with van der Waals surface area (Å²) in [5.41, 5.74) is 2.98. The summed E-state index contributed by atoms with van der Waals surface area (Å²) in [6, 6.07) is 8.84. The van der Waals surface area contributed by atoms with E-state index in [0.29, 0.717) is 12.2 Å². The molecule has 1 aliphatic carbocycles. The first-order valence-electron chi connectivity index (χ1n) is 8.34.